The Labute approximate surface area is 373 Å². The Morgan fingerprint density at radius 1 is 0.540 bits per heavy atom. The molecule has 1 aromatic heterocycles. The lowest BCUT2D eigenvalue weighted by Crippen LogP contribution is -2.38. The summed E-state index contributed by atoms with van der Waals surface area (Å²) in [6.45, 7) is 18.5. The standard InChI is InChI=1S/C59H53BN3/c1-57(2,3)37-27-30-39(31-28-37)61-50-26-18-16-24-43(50)45-35-53(62(40-19-11-9-12-20-40)41-21-13-10-14-22-41)54-46-33-38(58(4,5)6)29-32-51(46)63-52-34-44-42-23-15-17-25-47(42)59(7,8)48(44)36-49(52)60-55(45)56(54)63/h9-36,61H,1-8H3. The fraction of sp³-hybridized carbons (Fsp3) is 0.186. The van der Waals surface area contributed by atoms with Gasteiger partial charge in [-0.2, -0.15) is 0 Å². The number of aromatic nitrogens is 1. The number of anilines is 5. The van der Waals surface area contributed by atoms with E-state index in [1.807, 2.05) is 0 Å². The zero-order chi connectivity index (χ0) is 43.4. The Morgan fingerprint density at radius 2 is 1.14 bits per heavy atom. The van der Waals surface area contributed by atoms with E-state index in [1.54, 1.807) is 0 Å². The largest absolute Gasteiger partial charge is 0.355 e. The van der Waals surface area contributed by atoms with E-state index in [4.69, 9.17) is 0 Å². The van der Waals surface area contributed by atoms with Crippen LogP contribution in [-0.4, -0.2) is 11.8 Å². The Hall–Kier alpha value is -6.78. The first-order valence-corrected chi connectivity index (χ1v) is 22.4. The van der Waals surface area contributed by atoms with E-state index in [9.17, 15) is 0 Å². The Kier molecular flexibility index (Phi) is 8.77. The van der Waals surface area contributed by atoms with Crippen LogP contribution >= 0.6 is 0 Å². The SMILES string of the molecule is CC(C)(C)c1ccc(Nc2ccccc2-c2cc(N(c3ccccc3)c3ccccc3)c3c4cc(C(C)(C)C)ccc4n4c3c2[B]c2cc3c(cc2-4)-c2ccccc2C3(C)C)cc1. The summed E-state index contributed by atoms with van der Waals surface area (Å²) in [6.07, 6.45) is 0. The highest BCUT2D eigenvalue weighted by Gasteiger charge is 2.38. The molecule has 0 saturated heterocycles. The molecule has 4 heteroatoms. The first-order valence-electron chi connectivity index (χ1n) is 22.4. The van der Waals surface area contributed by atoms with Crippen LogP contribution in [0.1, 0.15) is 77.6 Å². The number of nitrogens with one attached hydrogen (secondary N) is 1. The second-order valence-electron chi connectivity index (χ2n) is 20.2. The molecule has 0 unspecified atom stereocenters. The number of para-hydroxylation sites is 3. The second-order valence-corrected chi connectivity index (χ2v) is 20.2. The van der Waals surface area contributed by atoms with Crippen LogP contribution in [0.4, 0.5) is 28.4 Å². The minimum Gasteiger partial charge on any atom is -0.355 e. The van der Waals surface area contributed by atoms with Gasteiger partial charge in [0.15, 0.2) is 7.28 Å². The maximum absolute atomic E-state index is 3.88. The molecule has 1 aliphatic heterocycles. The molecule has 307 valence electrons. The molecule has 1 N–H and O–H groups in total. The number of hydrogen-bond acceptors (Lipinski definition) is 2. The van der Waals surface area contributed by atoms with Crippen LogP contribution in [0.5, 0.6) is 0 Å². The number of fused-ring (bicyclic) bond motifs is 8. The average Bonchev–Trinajstić information content (AvgIpc) is 3.73. The zero-order valence-corrected chi connectivity index (χ0v) is 37.6. The molecule has 9 aromatic rings. The second kappa shape index (κ2) is 14.1. The van der Waals surface area contributed by atoms with Crippen molar-refractivity contribution in [1.82, 2.24) is 4.57 Å². The van der Waals surface area contributed by atoms with Crippen LogP contribution in [0, 0.1) is 0 Å². The number of hydrogen-bond donors (Lipinski definition) is 1. The van der Waals surface area contributed by atoms with E-state index in [1.165, 1.54) is 77.4 Å². The van der Waals surface area contributed by atoms with Crippen molar-refractivity contribution in [2.24, 2.45) is 0 Å². The maximum atomic E-state index is 3.88. The van der Waals surface area contributed by atoms with Crippen molar-refractivity contribution in [3.63, 3.8) is 0 Å². The van der Waals surface area contributed by atoms with Gasteiger partial charge in [-0.1, -0.05) is 164 Å². The van der Waals surface area contributed by atoms with Gasteiger partial charge in [-0.15, -0.1) is 0 Å². The summed E-state index contributed by atoms with van der Waals surface area (Å²) in [7, 11) is 2.49. The molecule has 3 nitrogen and oxygen atoms in total. The molecule has 0 fully saturated rings. The Bertz CT molecular complexity index is 3210. The van der Waals surface area contributed by atoms with Gasteiger partial charge in [-0.3, -0.25) is 0 Å². The number of rotatable bonds is 6. The molecular formula is C59H53BN3. The maximum Gasteiger partial charge on any atom is 0.197 e. The molecule has 1 aliphatic carbocycles. The van der Waals surface area contributed by atoms with Gasteiger partial charge in [0.05, 0.1) is 16.7 Å². The van der Waals surface area contributed by atoms with Crippen LogP contribution in [-0.2, 0) is 16.2 Å². The third kappa shape index (κ3) is 6.25. The zero-order valence-electron chi connectivity index (χ0n) is 37.6. The fourth-order valence-corrected chi connectivity index (χ4v) is 10.3. The van der Waals surface area contributed by atoms with Crippen molar-refractivity contribution in [3.8, 4) is 27.9 Å². The van der Waals surface area contributed by atoms with Gasteiger partial charge in [0.1, 0.15) is 0 Å². The first kappa shape index (κ1) is 39.1. The highest BCUT2D eigenvalue weighted by Crippen LogP contribution is 2.51. The molecule has 8 aromatic carbocycles. The van der Waals surface area contributed by atoms with Crippen molar-refractivity contribution in [2.75, 3.05) is 10.2 Å². The van der Waals surface area contributed by atoms with Gasteiger partial charge in [0, 0.05) is 50.2 Å². The lowest BCUT2D eigenvalue weighted by Gasteiger charge is -2.30. The predicted molar refractivity (Wildman–Crippen MR) is 271 cm³/mol. The summed E-state index contributed by atoms with van der Waals surface area (Å²) in [4.78, 5) is 2.47. The summed E-state index contributed by atoms with van der Waals surface area (Å²) in [5.74, 6) is 0. The van der Waals surface area contributed by atoms with Crippen LogP contribution in [0.3, 0.4) is 0 Å². The summed E-state index contributed by atoms with van der Waals surface area (Å²) >= 11 is 0. The fourth-order valence-electron chi connectivity index (χ4n) is 10.3. The molecule has 63 heavy (non-hydrogen) atoms. The molecule has 11 rings (SSSR count). The molecule has 0 saturated carbocycles. The number of benzene rings is 8. The minimum atomic E-state index is -0.123. The molecular weight excluding hydrogens is 761 g/mol. The smallest absolute Gasteiger partial charge is 0.197 e. The third-order valence-electron chi connectivity index (χ3n) is 13.7. The first-order chi connectivity index (χ1) is 30.3. The normalized spacial score (nSPS) is 13.7. The minimum absolute atomic E-state index is 0.0416. The monoisotopic (exact) mass is 814 g/mol. The van der Waals surface area contributed by atoms with E-state index in [0.29, 0.717) is 0 Å². The van der Waals surface area contributed by atoms with Crippen LogP contribution < -0.4 is 21.1 Å². The molecule has 0 bridgehead atoms. The van der Waals surface area contributed by atoms with Gasteiger partial charge in [0.2, 0.25) is 0 Å². The quantitative estimate of drug-likeness (QED) is 0.169. The van der Waals surface area contributed by atoms with E-state index >= 15 is 0 Å². The van der Waals surface area contributed by atoms with Crippen molar-refractivity contribution >= 4 is 68.4 Å². The lowest BCUT2D eigenvalue weighted by atomic mass is 9.58. The molecule has 0 amide bonds. The lowest BCUT2D eigenvalue weighted by molar-refractivity contribution is 0.590. The summed E-state index contributed by atoms with van der Waals surface area (Å²) < 4.78 is 2.60. The van der Waals surface area contributed by atoms with Crippen molar-refractivity contribution in [1.29, 1.82) is 0 Å². The molecule has 0 atom stereocenters. The van der Waals surface area contributed by atoms with Crippen LogP contribution in [0.25, 0.3) is 49.7 Å². The Morgan fingerprint density at radius 3 is 1.81 bits per heavy atom. The average molecular weight is 815 g/mol. The summed E-state index contributed by atoms with van der Waals surface area (Å²) in [5, 5.41) is 6.38. The van der Waals surface area contributed by atoms with Gasteiger partial charge < -0.3 is 14.8 Å². The van der Waals surface area contributed by atoms with Gasteiger partial charge in [-0.25, -0.2) is 0 Å². The molecule has 2 aliphatic rings. The molecule has 2 heterocycles. The third-order valence-corrected chi connectivity index (χ3v) is 13.7. The summed E-state index contributed by atoms with van der Waals surface area (Å²) in [6, 6.07) is 63.2. The highest BCUT2D eigenvalue weighted by molar-refractivity contribution is 6.73. The topological polar surface area (TPSA) is 20.2 Å². The van der Waals surface area contributed by atoms with Gasteiger partial charge in [0.25, 0.3) is 0 Å². The van der Waals surface area contributed by atoms with E-state index in [2.05, 4.69) is 247 Å². The van der Waals surface area contributed by atoms with Gasteiger partial charge in [-0.05, 0) is 122 Å². The van der Waals surface area contributed by atoms with Crippen LogP contribution in [0.2, 0.25) is 0 Å². The van der Waals surface area contributed by atoms with Crippen LogP contribution in [0.15, 0.2) is 170 Å². The Balaban J connectivity index is 1.26. The predicted octanol–water partition coefficient (Wildman–Crippen LogP) is 14.5. The van der Waals surface area contributed by atoms with Crippen molar-refractivity contribution in [2.45, 2.75) is 71.6 Å². The van der Waals surface area contributed by atoms with E-state index in [0.717, 1.165) is 34.0 Å². The molecule has 0 spiro atoms. The van der Waals surface area contributed by atoms with E-state index < -0.39 is 0 Å². The molecule has 1 radical (unpaired) electrons. The van der Waals surface area contributed by atoms with Crippen molar-refractivity contribution in [3.05, 3.63) is 192 Å². The summed E-state index contributed by atoms with van der Waals surface area (Å²) in [5.41, 5.74) is 21.9. The van der Waals surface area contributed by atoms with Crippen molar-refractivity contribution < 1.29 is 0 Å². The number of nitrogens with zero attached hydrogens (tertiary/aromatic N) is 2. The van der Waals surface area contributed by atoms with E-state index in [-0.39, 0.29) is 16.2 Å². The highest BCUT2D eigenvalue weighted by atomic mass is 15.1. The van der Waals surface area contributed by atoms with Gasteiger partial charge >= 0.3 is 0 Å².